The largest absolute Gasteiger partial charge is 0.351 e. The van der Waals surface area contributed by atoms with Crippen LogP contribution >= 0.6 is 0 Å². The molecule has 118 valence electrons. The van der Waals surface area contributed by atoms with E-state index in [9.17, 15) is 4.79 Å². The molecule has 0 aromatic heterocycles. The minimum Gasteiger partial charge on any atom is -0.351 e. The number of rotatable bonds is 7. The Kier molecular flexibility index (Phi) is 5.96. The van der Waals surface area contributed by atoms with Crippen LogP contribution in [0.25, 0.3) is 10.8 Å². The first-order valence-corrected chi connectivity index (χ1v) is 8.21. The molecule has 0 aliphatic carbocycles. The summed E-state index contributed by atoms with van der Waals surface area (Å²) in [5.74, 6) is 0.00799. The molecule has 3 nitrogen and oxygen atoms in total. The van der Waals surface area contributed by atoms with Crippen molar-refractivity contribution in [2.45, 2.75) is 27.2 Å². The van der Waals surface area contributed by atoms with E-state index < -0.39 is 0 Å². The highest BCUT2D eigenvalue weighted by Gasteiger charge is 2.07. The number of carbonyl (C=O) groups excluding carboxylic acids is 1. The van der Waals surface area contributed by atoms with Gasteiger partial charge in [-0.1, -0.05) is 45.0 Å². The second-order valence-corrected chi connectivity index (χ2v) is 5.53. The van der Waals surface area contributed by atoms with Gasteiger partial charge in [-0.25, -0.2) is 0 Å². The topological polar surface area (TPSA) is 32.3 Å². The average Bonchev–Trinajstić information content (AvgIpc) is 2.57. The van der Waals surface area contributed by atoms with Crippen LogP contribution in [0.1, 0.15) is 36.7 Å². The number of carbonyl (C=O) groups is 1. The smallest absolute Gasteiger partial charge is 0.251 e. The Labute approximate surface area is 133 Å². The molecule has 0 aliphatic heterocycles. The van der Waals surface area contributed by atoms with Crippen LogP contribution in [-0.4, -0.2) is 37.0 Å². The van der Waals surface area contributed by atoms with E-state index in [1.807, 2.05) is 18.2 Å². The molecule has 0 unspecified atom stereocenters. The monoisotopic (exact) mass is 298 g/mol. The molecule has 0 atom stereocenters. The molecule has 2 aromatic carbocycles. The summed E-state index contributed by atoms with van der Waals surface area (Å²) in [6.45, 7) is 10.0. The lowest BCUT2D eigenvalue weighted by molar-refractivity contribution is 0.0949. The van der Waals surface area contributed by atoms with Gasteiger partial charge in [-0.3, -0.25) is 4.79 Å². The standard InChI is InChI=1S/C19H26N2O/c1-4-15-7-8-17-14-18(10-9-16(17)13-15)19(22)20-11-12-21(5-2)6-3/h7-10,13-14H,4-6,11-12H2,1-3H3,(H,20,22). The Balaban J connectivity index is 2.02. The molecular weight excluding hydrogens is 272 g/mol. The van der Waals surface area contributed by atoms with Crippen molar-refractivity contribution in [3.05, 3.63) is 47.5 Å². The van der Waals surface area contributed by atoms with E-state index in [1.54, 1.807) is 0 Å². The number of aryl methyl sites for hydroxylation is 1. The summed E-state index contributed by atoms with van der Waals surface area (Å²) in [6.07, 6.45) is 1.03. The number of hydrogen-bond donors (Lipinski definition) is 1. The summed E-state index contributed by atoms with van der Waals surface area (Å²) in [6, 6.07) is 12.3. The number of hydrogen-bond acceptors (Lipinski definition) is 2. The van der Waals surface area contributed by atoms with Crippen LogP contribution in [0.15, 0.2) is 36.4 Å². The van der Waals surface area contributed by atoms with Crippen molar-refractivity contribution in [3.8, 4) is 0 Å². The fourth-order valence-corrected chi connectivity index (χ4v) is 2.63. The summed E-state index contributed by atoms with van der Waals surface area (Å²) >= 11 is 0. The van der Waals surface area contributed by atoms with Gasteiger partial charge in [0.25, 0.3) is 5.91 Å². The van der Waals surface area contributed by atoms with Crippen LogP contribution < -0.4 is 5.32 Å². The maximum Gasteiger partial charge on any atom is 0.251 e. The number of nitrogens with one attached hydrogen (secondary N) is 1. The zero-order valence-electron chi connectivity index (χ0n) is 13.9. The van der Waals surface area contributed by atoms with E-state index in [4.69, 9.17) is 0 Å². The molecular formula is C19H26N2O. The van der Waals surface area contributed by atoms with Crippen molar-refractivity contribution in [2.24, 2.45) is 0 Å². The Bertz CT molecular complexity index is 632. The van der Waals surface area contributed by atoms with Crippen molar-refractivity contribution in [2.75, 3.05) is 26.2 Å². The zero-order chi connectivity index (χ0) is 15.9. The number of amides is 1. The molecule has 2 rings (SSSR count). The van der Waals surface area contributed by atoms with Crippen LogP contribution in [0, 0.1) is 0 Å². The maximum absolute atomic E-state index is 12.2. The number of benzene rings is 2. The molecule has 0 spiro atoms. The third kappa shape index (κ3) is 4.08. The second kappa shape index (κ2) is 7.95. The Morgan fingerprint density at radius 1 is 1.00 bits per heavy atom. The van der Waals surface area contributed by atoms with Gasteiger partial charge in [-0.15, -0.1) is 0 Å². The lowest BCUT2D eigenvalue weighted by Gasteiger charge is -2.18. The van der Waals surface area contributed by atoms with Crippen LogP contribution in [0.3, 0.4) is 0 Å². The van der Waals surface area contributed by atoms with Crippen molar-refractivity contribution in [1.29, 1.82) is 0 Å². The molecule has 0 aliphatic rings. The van der Waals surface area contributed by atoms with E-state index in [2.05, 4.69) is 49.2 Å². The van der Waals surface area contributed by atoms with Gasteiger partial charge < -0.3 is 10.2 Å². The van der Waals surface area contributed by atoms with Gasteiger partial charge in [0.15, 0.2) is 0 Å². The highest BCUT2D eigenvalue weighted by atomic mass is 16.1. The van der Waals surface area contributed by atoms with Gasteiger partial charge in [0.1, 0.15) is 0 Å². The molecule has 0 heterocycles. The normalized spacial score (nSPS) is 11.1. The Morgan fingerprint density at radius 2 is 1.68 bits per heavy atom. The third-order valence-electron chi connectivity index (χ3n) is 4.18. The lowest BCUT2D eigenvalue weighted by Crippen LogP contribution is -2.34. The van der Waals surface area contributed by atoms with E-state index in [1.165, 1.54) is 10.9 Å². The van der Waals surface area contributed by atoms with Crippen LogP contribution in [-0.2, 0) is 6.42 Å². The van der Waals surface area contributed by atoms with E-state index in [0.717, 1.165) is 37.0 Å². The summed E-state index contributed by atoms with van der Waals surface area (Å²) < 4.78 is 0. The minimum absolute atomic E-state index is 0.00799. The first-order chi connectivity index (χ1) is 10.7. The van der Waals surface area contributed by atoms with Gasteiger partial charge in [0, 0.05) is 18.7 Å². The number of nitrogens with zero attached hydrogens (tertiary/aromatic N) is 1. The van der Waals surface area contributed by atoms with Crippen molar-refractivity contribution in [3.63, 3.8) is 0 Å². The van der Waals surface area contributed by atoms with Crippen LogP contribution in [0.2, 0.25) is 0 Å². The second-order valence-electron chi connectivity index (χ2n) is 5.53. The highest BCUT2D eigenvalue weighted by molar-refractivity contribution is 5.98. The summed E-state index contributed by atoms with van der Waals surface area (Å²) in [5.41, 5.74) is 2.06. The van der Waals surface area contributed by atoms with E-state index in [-0.39, 0.29) is 5.91 Å². The van der Waals surface area contributed by atoms with Gasteiger partial charge in [0.05, 0.1) is 0 Å². The number of fused-ring (bicyclic) bond motifs is 1. The Hall–Kier alpha value is -1.87. The van der Waals surface area contributed by atoms with Gasteiger partial charge in [-0.2, -0.15) is 0 Å². The molecule has 1 amide bonds. The zero-order valence-corrected chi connectivity index (χ0v) is 13.9. The average molecular weight is 298 g/mol. The quantitative estimate of drug-likeness (QED) is 0.849. The van der Waals surface area contributed by atoms with Gasteiger partial charge in [0.2, 0.25) is 0 Å². The third-order valence-corrected chi connectivity index (χ3v) is 4.18. The van der Waals surface area contributed by atoms with Crippen molar-refractivity contribution in [1.82, 2.24) is 10.2 Å². The molecule has 0 radical (unpaired) electrons. The molecule has 22 heavy (non-hydrogen) atoms. The van der Waals surface area contributed by atoms with Crippen molar-refractivity contribution < 1.29 is 4.79 Å². The van der Waals surface area contributed by atoms with Crippen LogP contribution in [0.4, 0.5) is 0 Å². The first kappa shape index (κ1) is 16.5. The summed E-state index contributed by atoms with van der Waals surface area (Å²) in [5, 5.41) is 5.32. The SMILES string of the molecule is CCc1ccc2cc(C(=O)NCCN(CC)CC)ccc2c1. The predicted molar refractivity (Wildman–Crippen MR) is 93.4 cm³/mol. The molecule has 3 heteroatoms. The van der Waals surface area contributed by atoms with Crippen molar-refractivity contribution >= 4 is 16.7 Å². The molecule has 0 saturated heterocycles. The lowest BCUT2D eigenvalue weighted by atomic mass is 10.0. The summed E-state index contributed by atoms with van der Waals surface area (Å²) in [4.78, 5) is 14.5. The fourth-order valence-electron chi connectivity index (χ4n) is 2.63. The molecule has 0 bridgehead atoms. The molecule has 1 N–H and O–H groups in total. The van der Waals surface area contributed by atoms with Gasteiger partial charge >= 0.3 is 0 Å². The fraction of sp³-hybridized carbons (Fsp3) is 0.421. The van der Waals surface area contributed by atoms with Crippen LogP contribution in [0.5, 0.6) is 0 Å². The number of likely N-dealkylation sites (N-methyl/N-ethyl adjacent to an activating group) is 1. The first-order valence-electron chi connectivity index (χ1n) is 8.21. The minimum atomic E-state index is 0.00799. The highest BCUT2D eigenvalue weighted by Crippen LogP contribution is 2.18. The molecule has 0 fully saturated rings. The molecule has 2 aromatic rings. The summed E-state index contributed by atoms with van der Waals surface area (Å²) in [7, 11) is 0. The van der Waals surface area contributed by atoms with Gasteiger partial charge in [-0.05, 0) is 48.0 Å². The van der Waals surface area contributed by atoms with E-state index >= 15 is 0 Å². The van der Waals surface area contributed by atoms with E-state index in [0.29, 0.717) is 6.54 Å². The maximum atomic E-state index is 12.2. The predicted octanol–water partition coefficient (Wildman–Crippen LogP) is 3.47. The Morgan fingerprint density at radius 3 is 2.36 bits per heavy atom. The molecule has 0 saturated carbocycles.